The number of pyridine rings is 1. The Kier molecular flexibility index (Phi) is 10.3. The monoisotopic (exact) mass is 770 g/mol. The predicted octanol–water partition coefficient (Wildman–Crippen LogP) is 15.3. The average molecular weight is 771 g/mol. The Bertz CT molecular complexity index is 2480. The minimum atomic E-state index is -0.234. The Hall–Kier alpha value is -5.55. The summed E-state index contributed by atoms with van der Waals surface area (Å²) in [7, 11) is 0. The Morgan fingerprint density at radius 2 is 1.17 bits per heavy atom. The van der Waals surface area contributed by atoms with Crippen LogP contribution in [0.3, 0.4) is 0 Å². The molecule has 5 aromatic carbocycles. The van der Waals surface area contributed by atoms with Gasteiger partial charge >= 0.3 is 0 Å². The molecule has 1 aliphatic rings. The molecule has 0 fully saturated rings. The summed E-state index contributed by atoms with van der Waals surface area (Å²) in [4.78, 5) is 7.30. The van der Waals surface area contributed by atoms with E-state index in [0.717, 1.165) is 57.0 Å². The summed E-state index contributed by atoms with van der Waals surface area (Å²) in [6.07, 6.45) is 1.94. The Labute approximate surface area is 347 Å². The van der Waals surface area contributed by atoms with Gasteiger partial charge in [0.25, 0.3) is 0 Å². The molecule has 0 spiro atoms. The van der Waals surface area contributed by atoms with Crippen molar-refractivity contribution in [3.63, 3.8) is 0 Å². The van der Waals surface area contributed by atoms with Crippen LogP contribution < -0.4 is 20.3 Å². The van der Waals surface area contributed by atoms with Crippen LogP contribution >= 0.6 is 0 Å². The molecule has 0 unspecified atom stereocenters. The quantitative estimate of drug-likeness (QED) is 0.169. The number of aromatic nitrogens is 1. The maximum atomic E-state index is 7.13. The number of nitrogens with zero attached hydrogens (tertiary/aromatic N) is 2. The van der Waals surface area contributed by atoms with Crippen LogP contribution in [0.15, 0.2) is 109 Å². The van der Waals surface area contributed by atoms with Crippen LogP contribution in [0.4, 0.5) is 39.9 Å². The second-order valence-electron chi connectivity index (χ2n) is 19.9. The highest BCUT2D eigenvalue weighted by Gasteiger charge is 2.38. The molecule has 1 aliphatic heterocycles. The van der Waals surface area contributed by atoms with Gasteiger partial charge in [-0.2, -0.15) is 0 Å². The maximum absolute atomic E-state index is 7.13. The summed E-state index contributed by atoms with van der Waals surface area (Å²) in [5.74, 6) is 2.50. The molecule has 5 heteroatoms. The Balaban J connectivity index is 1.35. The van der Waals surface area contributed by atoms with Crippen molar-refractivity contribution in [2.24, 2.45) is 0 Å². The van der Waals surface area contributed by atoms with Crippen molar-refractivity contribution in [2.45, 2.75) is 119 Å². The number of hydrogen-bond acceptors (Lipinski definition) is 5. The molecular weight excluding hydrogens is 709 g/mol. The molecule has 0 amide bonds. The molecule has 5 nitrogen and oxygen atoms in total. The molecule has 7 rings (SSSR count). The highest BCUT2D eigenvalue weighted by molar-refractivity contribution is 5.86. The summed E-state index contributed by atoms with van der Waals surface area (Å²) in [5.41, 5.74) is 15.6. The van der Waals surface area contributed by atoms with Crippen LogP contribution in [0.5, 0.6) is 11.5 Å². The SMILES string of the molecule is Cc1cc(C)c(Nc2ccccc2Nc2cc(Oc3ccc4c(c3)N(c3cc(C(C)(C)C)ccn3)c3ccccc3C4(C)C)c(C(C)(C)C)cc2C(C)(C)C)c(C)c1. The molecule has 300 valence electrons. The second kappa shape index (κ2) is 14.7. The summed E-state index contributed by atoms with van der Waals surface area (Å²) in [6.45, 7) is 31.5. The van der Waals surface area contributed by atoms with Crippen LogP contribution in [-0.2, 0) is 21.7 Å². The first-order chi connectivity index (χ1) is 27.1. The smallest absolute Gasteiger partial charge is 0.137 e. The predicted molar refractivity (Wildman–Crippen MR) is 247 cm³/mol. The van der Waals surface area contributed by atoms with Gasteiger partial charge in [-0.3, -0.25) is 4.90 Å². The second-order valence-corrected chi connectivity index (χ2v) is 19.9. The topological polar surface area (TPSA) is 49.4 Å². The molecule has 0 bridgehead atoms. The molecule has 58 heavy (non-hydrogen) atoms. The van der Waals surface area contributed by atoms with Crippen LogP contribution in [0.2, 0.25) is 0 Å². The molecule has 0 saturated carbocycles. The lowest BCUT2D eigenvalue weighted by Crippen LogP contribution is -2.31. The third-order valence-corrected chi connectivity index (χ3v) is 11.6. The largest absolute Gasteiger partial charge is 0.457 e. The lowest BCUT2D eigenvalue weighted by molar-refractivity contribution is 0.453. The van der Waals surface area contributed by atoms with Crippen molar-refractivity contribution in [1.82, 2.24) is 4.98 Å². The van der Waals surface area contributed by atoms with Gasteiger partial charge in [0.2, 0.25) is 0 Å². The molecule has 0 radical (unpaired) electrons. The summed E-state index contributed by atoms with van der Waals surface area (Å²) >= 11 is 0. The number of ether oxygens (including phenoxy) is 1. The van der Waals surface area contributed by atoms with Gasteiger partial charge in [0, 0.05) is 40.7 Å². The van der Waals surface area contributed by atoms with E-state index in [2.05, 4.69) is 216 Å². The van der Waals surface area contributed by atoms with E-state index in [0.29, 0.717) is 0 Å². The third kappa shape index (κ3) is 7.84. The maximum Gasteiger partial charge on any atom is 0.137 e. The van der Waals surface area contributed by atoms with Gasteiger partial charge in [-0.05, 0) is 113 Å². The van der Waals surface area contributed by atoms with Crippen LogP contribution in [0.25, 0.3) is 0 Å². The van der Waals surface area contributed by atoms with E-state index in [1.54, 1.807) is 0 Å². The molecule has 0 aliphatic carbocycles. The molecular formula is C53H62N4O. The third-order valence-electron chi connectivity index (χ3n) is 11.6. The van der Waals surface area contributed by atoms with E-state index in [1.165, 1.54) is 38.9 Å². The van der Waals surface area contributed by atoms with Crippen molar-refractivity contribution in [3.8, 4) is 11.5 Å². The zero-order chi connectivity index (χ0) is 41.9. The molecule has 2 heterocycles. The van der Waals surface area contributed by atoms with Gasteiger partial charge in [-0.15, -0.1) is 0 Å². The van der Waals surface area contributed by atoms with Gasteiger partial charge in [0.1, 0.15) is 17.3 Å². The van der Waals surface area contributed by atoms with Gasteiger partial charge < -0.3 is 15.4 Å². The summed E-state index contributed by atoms with van der Waals surface area (Å²) in [5, 5.41) is 7.65. The lowest BCUT2D eigenvalue weighted by Gasteiger charge is -2.41. The van der Waals surface area contributed by atoms with E-state index in [1.807, 2.05) is 6.20 Å². The van der Waals surface area contributed by atoms with E-state index in [-0.39, 0.29) is 21.7 Å². The zero-order valence-electron chi connectivity index (χ0n) is 37.2. The molecule has 6 aromatic rings. The Morgan fingerprint density at radius 3 is 1.81 bits per heavy atom. The lowest BCUT2D eigenvalue weighted by atomic mass is 9.73. The fourth-order valence-electron chi connectivity index (χ4n) is 8.47. The minimum absolute atomic E-state index is 0.0243. The number of rotatable bonds is 7. The number of hydrogen-bond donors (Lipinski definition) is 2. The highest BCUT2D eigenvalue weighted by Crippen LogP contribution is 2.53. The fourth-order valence-corrected chi connectivity index (χ4v) is 8.47. The van der Waals surface area contributed by atoms with Crippen molar-refractivity contribution < 1.29 is 4.74 Å². The van der Waals surface area contributed by atoms with Gasteiger partial charge in [0.15, 0.2) is 0 Å². The van der Waals surface area contributed by atoms with Crippen LogP contribution in [0, 0.1) is 20.8 Å². The van der Waals surface area contributed by atoms with Crippen molar-refractivity contribution in [3.05, 3.63) is 154 Å². The fraction of sp³-hybridized carbons (Fsp3) is 0.340. The van der Waals surface area contributed by atoms with Gasteiger partial charge in [0.05, 0.1) is 22.7 Å². The van der Waals surface area contributed by atoms with Crippen molar-refractivity contribution in [1.29, 1.82) is 0 Å². The van der Waals surface area contributed by atoms with E-state index < -0.39 is 0 Å². The number of aryl methyl sites for hydroxylation is 3. The molecule has 2 N–H and O–H groups in total. The first kappa shape index (κ1) is 40.6. The van der Waals surface area contributed by atoms with Gasteiger partial charge in [-0.25, -0.2) is 4.98 Å². The normalized spacial score (nSPS) is 13.8. The summed E-state index contributed by atoms with van der Waals surface area (Å²) < 4.78 is 7.13. The van der Waals surface area contributed by atoms with Crippen molar-refractivity contribution in [2.75, 3.05) is 15.5 Å². The molecule has 1 aromatic heterocycles. The van der Waals surface area contributed by atoms with E-state index in [4.69, 9.17) is 9.72 Å². The summed E-state index contributed by atoms with van der Waals surface area (Å²) in [6, 6.07) is 37.2. The van der Waals surface area contributed by atoms with E-state index in [9.17, 15) is 0 Å². The van der Waals surface area contributed by atoms with Crippen LogP contribution in [-0.4, -0.2) is 4.98 Å². The average Bonchev–Trinajstić information content (AvgIpc) is 3.12. The first-order valence-corrected chi connectivity index (χ1v) is 20.7. The molecule has 0 atom stereocenters. The standard InChI is InChI=1S/C53H62N4O/c1-33-27-34(2)49(35(3)28-33)56-43-21-17-16-20-42(43)55-44-32-47(41(52(10,11)12)31-40(44)51(7,8)9)58-37-23-24-39-46(30-37)57(45-22-18-15-19-38(45)53(39,13)14)48-29-36(25-26-54-48)50(4,5)6/h15-32,55-56H,1-14H3. The number of nitrogens with one attached hydrogen (secondary N) is 2. The molecule has 0 saturated heterocycles. The van der Waals surface area contributed by atoms with Crippen molar-refractivity contribution >= 4 is 39.9 Å². The number of benzene rings is 5. The van der Waals surface area contributed by atoms with E-state index >= 15 is 0 Å². The van der Waals surface area contributed by atoms with Gasteiger partial charge in [-0.1, -0.05) is 130 Å². The number of para-hydroxylation sites is 3. The highest BCUT2D eigenvalue weighted by atomic mass is 16.5. The number of anilines is 7. The minimum Gasteiger partial charge on any atom is -0.457 e. The number of fused-ring (bicyclic) bond motifs is 2. The van der Waals surface area contributed by atoms with Crippen LogP contribution in [0.1, 0.15) is 121 Å². The Morgan fingerprint density at radius 1 is 0.569 bits per heavy atom. The first-order valence-electron chi connectivity index (χ1n) is 20.7. The zero-order valence-corrected chi connectivity index (χ0v) is 37.2.